The van der Waals surface area contributed by atoms with Crippen molar-refractivity contribution in [3.8, 4) is 0 Å². The minimum Gasteiger partial charge on any atom is -0.443 e. The number of aromatic nitrogens is 1. The molecule has 2 aromatic heterocycles. The molecule has 2 aromatic carbocycles. The maximum atomic E-state index is 13.2. The maximum Gasteiger partial charge on any atom is 0.312 e. The number of sulfone groups is 1. The van der Waals surface area contributed by atoms with Crippen LogP contribution in [0.4, 0.5) is 11.5 Å². The molecular formula is C25H31ClN3O6S2+. The maximum absolute atomic E-state index is 13.2. The molecule has 0 unspecified atom stereocenters. The Bertz CT molecular complexity index is 1540. The van der Waals surface area contributed by atoms with Crippen molar-refractivity contribution in [1.82, 2.24) is 0 Å². The first-order valence-corrected chi connectivity index (χ1v) is 15.0. The van der Waals surface area contributed by atoms with Gasteiger partial charge in [-0.15, -0.1) is 0 Å². The number of nitrogen functional groups attached to an aromatic ring is 1. The summed E-state index contributed by atoms with van der Waals surface area (Å²) in [7, 11) is -6.82. The second-order valence-electron chi connectivity index (χ2n) is 7.08. The van der Waals surface area contributed by atoms with Crippen LogP contribution < -0.4 is 20.0 Å². The zero-order chi connectivity index (χ0) is 27.8. The van der Waals surface area contributed by atoms with Gasteiger partial charge in [-0.3, -0.25) is 10.5 Å². The Morgan fingerprint density at radius 2 is 1.65 bits per heavy atom. The lowest BCUT2D eigenvalue weighted by molar-refractivity contribution is -0.874. The molecule has 0 atom stereocenters. The number of hydrogen-bond donors (Lipinski definition) is 2. The molecule has 0 radical (unpaired) electrons. The summed E-state index contributed by atoms with van der Waals surface area (Å²) in [6, 6.07) is 15.0. The minimum absolute atomic E-state index is 0.154. The summed E-state index contributed by atoms with van der Waals surface area (Å²) in [5, 5.41) is 0.389. The minimum atomic E-state index is -4.24. The van der Waals surface area contributed by atoms with E-state index in [0.29, 0.717) is 16.5 Å². The van der Waals surface area contributed by atoms with Gasteiger partial charge in [0.25, 0.3) is 10.0 Å². The number of anilines is 2. The van der Waals surface area contributed by atoms with Crippen LogP contribution in [0, 0.1) is 0 Å². The number of rotatable bonds is 7. The van der Waals surface area contributed by atoms with Gasteiger partial charge in [-0.2, -0.15) is 8.42 Å². The van der Waals surface area contributed by atoms with Gasteiger partial charge >= 0.3 is 5.82 Å². The fraction of sp³-hybridized carbons (Fsp3) is 0.240. The number of benzene rings is 2. The predicted molar refractivity (Wildman–Crippen MR) is 146 cm³/mol. The molecule has 0 aliphatic heterocycles. The topological polar surface area (TPSA) is 133 Å². The van der Waals surface area contributed by atoms with Crippen molar-refractivity contribution >= 4 is 53.9 Å². The number of nitrogens with zero attached hydrogens (tertiary/aromatic N) is 1. The van der Waals surface area contributed by atoms with Crippen molar-refractivity contribution in [2.45, 2.75) is 43.4 Å². The standard InChI is InChI=1S/C21H18ClN3O6S2.2C2H6/c1-30-25-9-8-14(10-20(25)23)13-32(26,27)19-7-6-16(22)12-17(19)24-33(28,29)21-11-15-4-2-3-5-18(15)31-21;2*1-2/h2-12,23-24H,13H2,1H3;2*1-2H3/p+1. The lowest BCUT2D eigenvalue weighted by atomic mass is 10.3. The molecule has 0 saturated heterocycles. The number of pyridine rings is 1. The zero-order valence-electron chi connectivity index (χ0n) is 21.2. The van der Waals surface area contributed by atoms with Crippen LogP contribution in [0.2, 0.25) is 5.02 Å². The van der Waals surface area contributed by atoms with Crippen LogP contribution >= 0.6 is 11.6 Å². The second-order valence-corrected chi connectivity index (χ2v) is 11.1. The second kappa shape index (κ2) is 12.8. The van der Waals surface area contributed by atoms with Gasteiger partial charge < -0.3 is 9.25 Å². The van der Waals surface area contributed by atoms with Crippen molar-refractivity contribution in [3.05, 3.63) is 77.4 Å². The first kappa shape index (κ1) is 29.9. The molecule has 0 aliphatic rings. The van der Waals surface area contributed by atoms with Crippen LogP contribution in [-0.2, 0) is 25.6 Å². The summed E-state index contributed by atoms with van der Waals surface area (Å²) in [5.41, 5.74) is 6.42. The van der Waals surface area contributed by atoms with Crippen molar-refractivity contribution in [2.24, 2.45) is 0 Å². The van der Waals surface area contributed by atoms with E-state index in [1.165, 1.54) is 54.4 Å². The smallest absolute Gasteiger partial charge is 0.312 e. The molecule has 0 amide bonds. The molecule has 0 spiro atoms. The number of sulfonamides is 1. The van der Waals surface area contributed by atoms with Gasteiger partial charge in [0.2, 0.25) is 5.09 Å². The van der Waals surface area contributed by atoms with E-state index >= 15 is 0 Å². The number of halogens is 1. The van der Waals surface area contributed by atoms with Crippen LogP contribution in [0.1, 0.15) is 33.3 Å². The fourth-order valence-corrected chi connectivity index (χ4v) is 6.01. The van der Waals surface area contributed by atoms with Crippen molar-refractivity contribution in [3.63, 3.8) is 0 Å². The van der Waals surface area contributed by atoms with E-state index in [-0.39, 0.29) is 26.5 Å². The first-order valence-electron chi connectivity index (χ1n) is 11.5. The highest BCUT2D eigenvalue weighted by molar-refractivity contribution is 7.93. The highest BCUT2D eigenvalue weighted by Gasteiger charge is 2.26. The van der Waals surface area contributed by atoms with E-state index in [2.05, 4.69) is 4.72 Å². The highest BCUT2D eigenvalue weighted by Crippen LogP contribution is 2.31. The van der Waals surface area contributed by atoms with Gasteiger partial charge in [0.05, 0.1) is 16.3 Å². The van der Waals surface area contributed by atoms with E-state index in [1.807, 2.05) is 27.7 Å². The Labute approximate surface area is 222 Å². The highest BCUT2D eigenvalue weighted by atomic mass is 35.5. The number of hydrogen-bond acceptors (Lipinski definition) is 7. The van der Waals surface area contributed by atoms with Gasteiger partial charge in [-0.1, -0.05) is 62.2 Å². The normalized spacial score (nSPS) is 11.1. The molecule has 0 saturated carbocycles. The van der Waals surface area contributed by atoms with Gasteiger partial charge in [-0.25, -0.2) is 8.42 Å². The molecule has 4 aromatic rings. The van der Waals surface area contributed by atoms with Crippen molar-refractivity contribution in [2.75, 3.05) is 17.6 Å². The van der Waals surface area contributed by atoms with E-state index in [0.717, 1.165) is 0 Å². The van der Waals surface area contributed by atoms with Crippen LogP contribution in [-0.4, -0.2) is 23.9 Å². The molecule has 0 fully saturated rings. The van der Waals surface area contributed by atoms with Crippen LogP contribution in [0.25, 0.3) is 11.0 Å². The quantitative estimate of drug-likeness (QED) is 0.305. The lowest BCUT2D eigenvalue weighted by Crippen LogP contribution is -2.42. The zero-order valence-corrected chi connectivity index (χ0v) is 23.6. The number of furan rings is 1. The Morgan fingerprint density at radius 1 is 0.973 bits per heavy atom. The van der Waals surface area contributed by atoms with E-state index in [1.54, 1.807) is 24.3 Å². The summed E-state index contributed by atoms with van der Waals surface area (Å²) in [6.07, 6.45) is 1.48. The van der Waals surface area contributed by atoms with E-state index in [4.69, 9.17) is 26.6 Å². The van der Waals surface area contributed by atoms with Gasteiger partial charge in [-0.05, 0) is 35.9 Å². The summed E-state index contributed by atoms with van der Waals surface area (Å²) in [5.74, 6) is -0.227. The average Bonchev–Trinajstić information content (AvgIpc) is 3.32. The number of nitrogens with two attached hydrogens (primary N) is 1. The molecule has 0 aliphatic carbocycles. The third kappa shape index (κ3) is 7.15. The molecule has 37 heavy (non-hydrogen) atoms. The molecule has 4 rings (SSSR count). The van der Waals surface area contributed by atoms with Gasteiger partial charge in [0, 0.05) is 22.5 Å². The third-order valence-corrected chi connectivity index (χ3v) is 7.95. The molecular weight excluding hydrogens is 538 g/mol. The number of fused-ring (bicyclic) bond motifs is 1. The monoisotopic (exact) mass is 568 g/mol. The van der Waals surface area contributed by atoms with E-state index in [9.17, 15) is 16.8 Å². The summed E-state index contributed by atoms with van der Waals surface area (Å²) in [4.78, 5) is 4.77. The van der Waals surface area contributed by atoms with Crippen LogP contribution in [0.5, 0.6) is 0 Å². The SMILES string of the molecule is CC.CC.CO[n+]1ccc(CS(=O)(=O)c2ccc(Cl)cc2NS(=O)(=O)c2cc3ccccc3o2)cc1N. The molecule has 2 heterocycles. The summed E-state index contributed by atoms with van der Waals surface area (Å²) < 4.78 is 61.3. The van der Waals surface area contributed by atoms with E-state index < -0.39 is 25.6 Å². The fourth-order valence-electron chi connectivity index (χ4n) is 3.24. The van der Waals surface area contributed by atoms with Crippen molar-refractivity contribution < 1.29 is 30.8 Å². The van der Waals surface area contributed by atoms with Crippen LogP contribution in [0.3, 0.4) is 0 Å². The van der Waals surface area contributed by atoms with Crippen molar-refractivity contribution in [1.29, 1.82) is 0 Å². The van der Waals surface area contributed by atoms with Gasteiger partial charge in [0.1, 0.15) is 18.9 Å². The number of nitrogens with one attached hydrogen (secondary N) is 1. The molecule has 12 heteroatoms. The Balaban J connectivity index is 0.00000115. The first-order chi connectivity index (χ1) is 17.6. The summed E-state index contributed by atoms with van der Waals surface area (Å²) in [6.45, 7) is 8.00. The third-order valence-electron chi connectivity index (χ3n) is 4.75. The lowest BCUT2D eigenvalue weighted by Gasteiger charge is -2.13. The van der Waals surface area contributed by atoms with Gasteiger partial charge in [0.15, 0.2) is 9.84 Å². The molecule has 200 valence electrons. The average molecular weight is 569 g/mol. The largest absolute Gasteiger partial charge is 0.443 e. The van der Waals surface area contributed by atoms with Crippen LogP contribution in [0.15, 0.2) is 81.3 Å². The molecule has 3 N–H and O–H groups in total. The molecule has 9 nitrogen and oxygen atoms in total. The Morgan fingerprint density at radius 3 is 2.27 bits per heavy atom. The Hall–Kier alpha value is -3.28. The summed E-state index contributed by atoms with van der Waals surface area (Å²) >= 11 is 6.03. The number of para-hydroxylation sites is 1. The predicted octanol–water partition coefficient (Wildman–Crippen LogP) is 4.84. The molecule has 0 bridgehead atoms. The Kier molecular flexibility index (Phi) is 10.4.